The molecule has 1 aromatic rings. The van der Waals surface area contributed by atoms with Crippen LogP contribution in [-0.4, -0.2) is 72.8 Å². The minimum absolute atomic E-state index is 0.0491. The molecular weight excluding hydrogens is 314 g/mol. The molecule has 3 rings (SSSR count). The first-order chi connectivity index (χ1) is 11.9. The summed E-state index contributed by atoms with van der Waals surface area (Å²) >= 11 is 0. The van der Waals surface area contributed by atoms with Crippen molar-refractivity contribution in [3.8, 4) is 0 Å². The SMILES string of the molecule is Cc1cc(C)cc(C(=O)N2CCC[C@@H](C(=O)N3CCN(C)CC3)C2)c1. The van der Waals surface area contributed by atoms with E-state index in [0.29, 0.717) is 6.54 Å². The summed E-state index contributed by atoms with van der Waals surface area (Å²) < 4.78 is 0. The molecule has 25 heavy (non-hydrogen) atoms. The third-order valence-corrected chi connectivity index (χ3v) is 5.34. The Morgan fingerprint density at radius 3 is 2.20 bits per heavy atom. The monoisotopic (exact) mass is 343 g/mol. The lowest BCUT2D eigenvalue weighted by Gasteiger charge is -2.38. The average Bonchev–Trinajstić information content (AvgIpc) is 2.60. The second kappa shape index (κ2) is 7.56. The lowest BCUT2D eigenvalue weighted by atomic mass is 9.95. The maximum Gasteiger partial charge on any atom is 0.253 e. The number of rotatable bonds is 2. The number of piperidine rings is 1. The third-order valence-electron chi connectivity index (χ3n) is 5.34. The molecule has 5 heteroatoms. The summed E-state index contributed by atoms with van der Waals surface area (Å²) in [6.07, 6.45) is 1.79. The van der Waals surface area contributed by atoms with Crippen molar-refractivity contribution in [1.29, 1.82) is 0 Å². The number of aryl methyl sites for hydroxylation is 2. The maximum absolute atomic E-state index is 12.9. The van der Waals surface area contributed by atoms with Crippen molar-refractivity contribution in [2.75, 3.05) is 46.3 Å². The zero-order chi connectivity index (χ0) is 18.0. The van der Waals surface area contributed by atoms with Crippen LogP contribution in [0, 0.1) is 19.8 Å². The number of carbonyl (C=O) groups excluding carboxylic acids is 2. The standard InChI is InChI=1S/C20H29N3O2/c1-15-11-16(2)13-18(12-15)20(25)23-6-4-5-17(14-23)19(24)22-9-7-21(3)8-10-22/h11-13,17H,4-10,14H2,1-3H3/t17-/m1/s1. The Morgan fingerprint density at radius 1 is 0.920 bits per heavy atom. The van der Waals surface area contributed by atoms with Crippen molar-refractivity contribution in [2.24, 2.45) is 5.92 Å². The first-order valence-electron chi connectivity index (χ1n) is 9.29. The summed E-state index contributed by atoms with van der Waals surface area (Å²) in [5, 5.41) is 0. The van der Waals surface area contributed by atoms with Crippen molar-refractivity contribution < 1.29 is 9.59 Å². The average molecular weight is 343 g/mol. The van der Waals surface area contributed by atoms with Crippen LogP contribution in [0.5, 0.6) is 0 Å². The van der Waals surface area contributed by atoms with Gasteiger partial charge in [0.1, 0.15) is 0 Å². The fourth-order valence-electron chi connectivity index (χ4n) is 3.93. The predicted molar refractivity (Wildman–Crippen MR) is 98.6 cm³/mol. The Kier molecular flexibility index (Phi) is 5.42. The number of nitrogens with zero attached hydrogens (tertiary/aromatic N) is 3. The Hall–Kier alpha value is -1.88. The predicted octanol–water partition coefficient (Wildman–Crippen LogP) is 1.93. The number of carbonyl (C=O) groups is 2. The van der Waals surface area contributed by atoms with Crippen LogP contribution in [0.4, 0.5) is 0 Å². The topological polar surface area (TPSA) is 43.9 Å². The van der Waals surface area contributed by atoms with Crippen LogP contribution in [0.3, 0.4) is 0 Å². The molecular formula is C20H29N3O2. The van der Waals surface area contributed by atoms with Crippen molar-refractivity contribution in [2.45, 2.75) is 26.7 Å². The van der Waals surface area contributed by atoms with Gasteiger partial charge in [-0.2, -0.15) is 0 Å². The highest BCUT2D eigenvalue weighted by Crippen LogP contribution is 2.22. The van der Waals surface area contributed by atoms with Crippen LogP contribution in [0.25, 0.3) is 0 Å². The van der Waals surface area contributed by atoms with E-state index in [9.17, 15) is 9.59 Å². The molecule has 5 nitrogen and oxygen atoms in total. The van der Waals surface area contributed by atoms with Gasteiger partial charge in [0.05, 0.1) is 5.92 Å². The van der Waals surface area contributed by atoms with E-state index in [-0.39, 0.29) is 17.7 Å². The van der Waals surface area contributed by atoms with E-state index >= 15 is 0 Å². The number of amides is 2. The molecule has 2 aliphatic rings. The lowest BCUT2D eigenvalue weighted by Crippen LogP contribution is -2.52. The molecule has 1 atom stereocenters. The van der Waals surface area contributed by atoms with Gasteiger partial charge in [-0.25, -0.2) is 0 Å². The summed E-state index contributed by atoms with van der Waals surface area (Å²) in [5.74, 6) is 0.237. The molecule has 2 saturated heterocycles. The van der Waals surface area contributed by atoms with Gasteiger partial charge in [0.25, 0.3) is 5.91 Å². The van der Waals surface area contributed by atoms with Crippen LogP contribution >= 0.6 is 0 Å². The van der Waals surface area contributed by atoms with Gasteiger partial charge in [0.15, 0.2) is 0 Å². The van der Waals surface area contributed by atoms with Crippen molar-refractivity contribution >= 4 is 11.8 Å². The van der Waals surface area contributed by atoms with E-state index in [2.05, 4.69) is 18.0 Å². The largest absolute Gasteiger partial charge is 0.340 e. The molecule has 0 radical (unpaired) electrons. The molecule has 0 unspecified atom stereocenters. The Labute approximate surface area is 150 Å². The Bertz CT molecular complexity index is 630. The van der Waals surface area contributed by atoms with Crippen LogP contribution < -0.4 is 0 Å². The summed E-state index contributed by atoms with van der Waals surface area (Å²) in [5.41, 5.74) is 2.95. The summed E-state index contributed by atoms with van der Waals surface area (Å²) in [6, 6.07) is 5.97. The fraction of sp³-hybridized carbons (Fsp3) is 0.600. The first kappa shape index (κ1) is 17.9. The molecule has 2 amide bonds. The number of hydrogen-bond donors (Lipinski definition) is 0. The highest BCUT2D eigenvalue weighted by molar-refractivity contribution is 5.95. The number of benzene rings is 1. The maximum atomic E-state index is 12.9. The number of likely N-dealkylation sites (tertiary alicyclic amines) is 1. The van der Waals surface area contributed by atoms with Crippen molar-refractivity contribution in [1.82, 2.24) is 14.7 Å². The smallest absolute Gasteiger partial charge is 0.253 e. The highest BCUT2D eigenvalue weighted by atomic mass is 16.2. The lowest BCUT2D eigenvalue weighted by molar-refractivity contribution is -0.138. The summed E-state index contributed by atoms with van der Waals surface area (Å²) in [6.45, 7) is 8.80. The molecule has 0 N–H and O–H groups in total. The van der Waals surface area contributed by atoms with E-state index in [0.717, 1.165) is 62.3 Å². The van der Waals surface area contributed by atoms with Gasteiger partial charge in [-0.1, -0.05) is 17.2 Å². The summed E-state index contributed by atoms with van der Waals surface area (Å²) in [7, 11) is 2.09. The zero-order valence-electron chi connectivity index (χ0n) is 15.6. The van der Waals surface area contributed by atoms with Gasteiger partial charge in [0.2, 0.25) is 5.91 Å². The van der Waals surface area contributed by atoms with Crippen LogP contribution in [0.2, 0.25) is 0 Å². The van der Waals surface area contributed by atoms with Crippen molar-refractivity contribution in [3.05, 3.63) is 34.9 Å². The fourth-order valence-corrected chi connectivity index (χ4v) is 3.93. The molecule has 0 bridgehead atoms. The highest BCUT2D eigenvalue weighted by Gasteiger charge is 2.32. The third kappa shape index (κ3) is 4.21. The van der Waals surface area contributed by atoms with Gasteiger partial charge in [-0.05, 0) is 45.9 Å². The van der Waals surface area contributed by atoms with Gasteiger partial charge < -0.3 is 14.7 Å². The minimum atomic E-state index is -0.0491. The van der Waals surface area contributed by atoms with Gasteiger partial charge in [-0.15, -0.1) is 0 Å². The van der Waals surface area contributed by atoms with Gasteiger partial charge in [-0.3, -0.25) is 9.59 Å². The molecule has 0 spiro atoms. The Balaban J connectivity index is 1.66. The quantitative estimate of drug-likeness (QED) is 0.824. The normalized spacial score (nSPS) is 22.1. The molecule has 2 heterocycles. The Morgan fingerprint density at radius 2 is 1.56 bits per heavy atom. The second-order valence-corrected chi connectivity index (χ2v) is 7.60. The molecule has 136 valence electrons. The molecule has 0 aliphatic carbocycles. The van der Waals surface area contributed by atoms with E-state index < -0.39 is 0 Å². The van der Waals surface area contributed by atoms with Crippen LogP contribution in [0.1, 0.15) is 34.3 Å². The number of hydrogen-bond acceptors (Lipinski definition) is 3. The molecule has 2 aliphatic heterocycles. The molecule has 2 fully saturated rings. The van der Waals surface area contributed by atoms with Gasteiger partial charge >= 0.3 is 0 Å². The first-order valence-corrected chi connectivity index (χ1v) is 9.29. The zero-order valence-corrected chi connectivity index (χ0v) is 15.6. The number of piperazine rings is 1. The van der Waals surface area contributed by atoms with E-state index in [1.165, 1.54) is 0 Å². The molecule has 0 aromatic heterocycles. The molecule has 0 saturated carbocycles. The van der Waals surface area contributed by atoms with Crippen LogP contribution in [-0.2, 0) is 4.79 Å². The molecule has 1 aromatic carbocycles. The van der Waals surface area contributed by atoms with E-state index in [1.807, 2.05) is 35.8 Å². The second-order valence-electron chi connectivity index (χ2n) is 7.60. The summed E-state index contributed by atoms with van der Waals surface area (Å²) in [4.78, 5) is 31.8. The van der Waals surface area contributed by atoms with E-state index in [4.69, 9.17) is 0 Å². The number of likely N-dealkylation sites (N-methyl/N-ethyl adjacent to an activating group) is 1. The van der Waals surface area contributed by atoms with E-state index in [1.54, 1.807) is 0 Å². The minimum Gasteiger partial charge on any atom is -0.340 e. The van der Waals surface area contributed by atoms with Gasteiger partial charge in [0, 0.05) is 44.8 Å². The van der Waals surface area contributed by atoms with Crippen LogP contribution in [0.15, 0.2) is 18.2 Å². The van der Waals surface area contributed by atoms with Crippen molar-refractivity contribution in [3.63, 3.8) is 0 Å².